The average molecular weight is 293 g/mol. The van der Waals surface area contributed by atoms with Gasteiger partial charge in [0, 0.05) is 16.8 Å². The van der Waals surface area contributed by atoms with E-state index in [-0.39, 0.29) is 11.6 Å². The van der Waals surface area contributed by atoms with Crippen molar-refractivity contribution < 1.29 is 9.18 Å². The number of aromatic nitrogens is 1. The molecule has 0 amide bonds. The molecule has 0 atom stereocenters. The van der Waals surface area contributed by atoms with Crippen LogP contribution >= 0.6 is 0 Å². The second-order valence-electron chi connectivity index (χ2n) is 5.30. The summed E-state index contributed by atoms with van der Waals surface area (Å²) in [7, 11) is 0. The highest BCUT2D eigenvalue weighted by Gasteiger charge is 2.20. The molecule has 3 rings (SSSR count). The molecule has 3 aromatic rings. The van der Waals surface area contributed by atoms with Crippen molar-refractivity contribution in [3.8, 4) is 22.4 Å². The van der Waals surface area contributed by atoms with Gasteiger partial charge in [-0.05, 0) is 49.2 Å². The number of aromatic amines is 1. The molecule has 0 aliphatic heterocycles. The Hall–Kier alpha value is -2.68. The number of hydrogen-bond acceptors (Lipinski definition) is 1. The third-order valence-electron chi connectivity index (χ3n) is 3.73. The summed E-state index contributed by atoms with van der Waals surface area (Å²) in [6, 6.07) is 16.1. The standard InChI is InChI=1S/C19H16FNO/c1-12-17(13(2)22)18(14-6-4-3-5-7-14)19(21-12)15-8-10-16(20)11-9-15/h3-11,21H,1-2H3. The first kappa shape index (κ1) is 14.3. The van der Waals surface area contributed by atoms with E-state index >= 15 is 0 Å². The zero-order chi connectivity index (χ0) is 15.7. The van der Waals surface area contributed by atoms with Crippen LogP contribution in [0.25, 0.3) is 22.4 Å². The molecular formula is C19H16FNO. The highest BCUT2D eigenvalue weighted by Crippen LogP contribution is 2.36. The van der Waals surface area contributed by atoms with Crippen LogP contribution in [0.2, 0.25) is 0 Å². The molecule has 2 nitrogen and oxygen atoms in total. The van der Waals surface area contributed by atoms with Gasteiger partial charge in [0.25, 0.3) is 0 Å². The van der Waals surface area contributed by atoms with E-state index in [9.17, 15) is 9.18 Å². The molecule has 3 heteroatoms. The second kappa shape index (κ2) is 5.60. The lowest BCUT2D eigenvalue weighted by Crippen LogP contribution is -1.95. The molecule has 1 N–H and O–H groups in total. The van der Waals surface area contributed by atoms with Gasteiger partial charge in [0.2, 0.25) is 0 Å². The fraction of sp³-hybridized carbons (Fsp3) is 0.105. The lowest BCUT2D eigenvalue weighted by Gasteiger charge is -2.07. The van der Waals surface area contributed by atoms with Crippen LogP contribution in [-0.2, 0) is 0 Å². The smallest absolute Gasteiger partial charge is 0.162 e. The van der Waals surface area contributed by atoms with Gasteiger partial charge < -0.3 is 4.98 Å². The van der Waals surface area contributed by atoms with Crippen molar-refractivity contribution in [2.45, 2.75) is 13.8 Å². The lowest BCUT2D eigenvalue weighted by molar-refractivity contribution is 0.101. The fourth-order valence-corrected chi connectivity index (χ4v) is 2.79. The molecule has 22 heavy (non-hydrogen) atoms. The lowest BCUT2D eigenvalue weighted by atomic mass is 9.95. The summed E-state index contributed by atoms with van der Waals surface area (Å²) in [4.78, 5) is 15.4. The molecule has 0 saturated carbocycles. The van der Waals surface area contributed by atoms with Crippen molar-refractivity contribution >= 4 is 5.78 Å². The molecule has 0 aliphatic carbocycles. The van der Waals surface area contributed by atoms with Crippen molar-refractivity contribution in [2.24, 2.45) is 0 Å². The Balaban J connectivity index is 2.29. The SMILES string of the molecule is CC(=O)c1c(C)[nH]c(-c2ccc(F)cc2)c1-c1ccccc1. The monoisotopic (exact) mass is 293 g/mol. The molecule has 0 aliphatic rings. The van der Waals surface area contributed by atoms with Gasteiger partial charge >= 0.3 is 0 Å². The minimum Gasteiger partial charge on any atom is -0.357 e. The Morgan fingerprint density at radius 3 is 2.18 bits per heavy atom. The molecule has 0 unspecified atom stereocenters. The topological polar surface area (TPSA) is 32.9 Å². The van der Waals surface area contributed by atoms with E-state index in [1.54, 1.807) is 19.1 Å². The number of carbonyl (C=O) groups is 1. The van der Waals surface area contributed by atoms with Gasteiger partial charge in [-0.3, -0.25) is 4.79 Å². The van der Waals surface area contributed by atoms with E-state index in [2.05, 4.69) is 4.98 Å². The summed E-state index contributed by atoms with van der Waals surface area (Å²) >= 11 is 0. The molecule has 0 fully saturated rings. The molecule has 0 bridgehead atoms. The predicted molar refractivity (Wildman–Crippen MR) is 86.4 cm³/mol. The van der Waals surface area contributed by atoms with Crippen LogP contribution in [0.5, 0.6) is 0 Å². The van der Waals surface area contributed by atoms with E-state index in [4.69, 9.17) is 0 Å². The maximum absolute atomic E-state index is 13.2. The van der Waals surface area contributed by atoms with Gasteiger partial charge in [0.15, 0.2) is 5.78 Å². The first-order valence-corrected chi connectivity index (χ1v) is 7.13. The maximum atomic E-state index is 13.2. The molecular weight excluding hydrogens is 277 g/mol. The van der Waals surface area contributed by atoms with Crippen LogP contribution in [-0.4, -0.2) is 10.8 Å². The Morgan fingerprint density at radius 2 is 1.59 bits per heavy atom. The van der Waals surface area contributed by atoms with E-state index < -0.39 is 0 Å². The van der Waals surface area contributed by atoms with Crippen LogP contribution < -0.4 is 0 Å². The number of ketones is 1. The van der Waals surface area contributed by atoms with Gasteiger partial charge in [-0.15, -0.1) is 0 Å². The molecule has 1 aromatic heterocycles. The fourth-order valence-electron chi connectivity index (χ4n) is 2.79. The average Bonchev–Trinajstić information content (AvgIpc) is 2.86. The zero-order valence-electron chi connectivity index (χ0n) is 12.5. The van der Waals surface area contributed by atoms with Crippen molar-refractivity contribution in [3.63, 3.8) is 0 Å². The van der Waals surface area contributed by atoms with E-state index in [0.29, 0.717) is 5.56 Å². The maximum Gasteiger partial charge on any atom is 0.162 e. The molecule has 110 valence electrons. The largest absolute Gasteiger partial charge is 0.357 e. The Bertz CT molecular complexity index is 817. The Morgan fingerprint density at radius 1 is 0.955 bits per heavy atom. The van der Waals surface area contributed by atoms with E-state index in [0.717, 1.165) is 28.1 Å². The van der Waals surface area contributed by atoms with E-state index in [1.807, 2.05) is 37.3 Å². The van der Waals surface area contributed by atoms with Crippen LogP contribution in [0, 0.1) is 12.7 Å². The third kappa shape index (κ3) is 2.46. The Kier molecular flexibility index (Phi) is 3.63. The first-order valence-electron chi connectivity index (χ1n) is 7.13. The number of halogens is 1. The number of rotatable bonds is 3. The van der Waals surface area contributed by atoms with Crippen LogP contribution in [0.15, 0.2) is 54.6 Å². The van der Waals surface area contributed by atoms with Gasteiger partial charge in [-0.2, -0.15) is 0 Å². The number of carbonyl (C=O) groups excluding carboxylic acids is 1. The molecule has 2 aromatic carbocycles. The Labute approximate surface area is 128 Å². The summed E-state index contributed by atoms with van der Waals surface area (Å²) in [5, 5.41) is 0. The van der Waals surface area contributed by atoms with Gasteiger partial charge in [-0.1, -0.05) is 30.3 Å². The van der Waals surface area contributed by atoms with E-state index in [1.165, 1.54) is 12.1 Å². The van der Waals surface area contributed by atoms with Crippen LogP contribution in [0.4, 0.5) is 4.39 Å². The first-order chi connectivity index (χ1) is 10.6. The molecule has 0 saturated heterocycles. The quantitative estimate of drug-likeness (QED) is 0.677. The highest BCUT2D eigenvalue weighted by atomic mass is 19.1. The molecule has 1 heterocycles. The minimum atomic E-state index is -0.278. The van der Waals surface area contributed by atoms with Crippen molar-refractivity contribution in [1.82, 2.24) is 4.98 Å². The number of aryl methyl sites for hydroxylation is 1. The van der Waals surface area contributed by atoms with Gasteiger partial charge in [-0.25, -0.2) is 4.39 Å². The van der Waals surface area contributed by atoms with Gasteiger partial charge in [0.05, 0.1) is 5.69 Å². The molecule has 0 radical (unpaired) electrons. The molecule has 0 spiro atoms. The van der Waals surface area contributed by atoms with Gasteiger partial charge in [0.1, 0.15) is 5.82 Å². The zero-order valence-corrected chi connectivity index (χ0v) is 12.5. The number of benzene rings is 2. The number of H-pyrrole nitrogens is 1. The summed E-state index contributed by atoms with van der Waals surface area (Å²) in [6.45, 7) is 3.45. The summed E-state index contributed by atoms with van der Waals surface area (Å²) in [6.07, 6.45) is 0. The second-order valence-corrected chi connectivity index (χ2v) is 5.30. The predicted octanol–water partition coefficient (Wildman–Crippen LogP) is 5.00. The number of hydrogen-bond donors (Lipinski definition) is 1. The summed E-state index contributed by atoms with van der Waals surface area (Å²) in [5.74, 6) is -0.263. The van der Waals surface area contributed by atoms with Crippen LogP contribution in [0.1, 0.15) is 23.0 Å². The van der Waals surface area contributed by atoms with Crippen molar-refractivity contribution in [3.05, 3.63) is 71.7 Å². The number of Topliss-reactive ketones (excluding diaryl/α,β-unsaturated/α-hetero) is 1. The normalized spacial score (nSPS) is 10.7. The summed E-state index contributed by atoms with van der Waals surface area (Å²) in [5.41, 5.74) is 5.05. The van der Waals surface area contributed by atoms with Crippen LogP contribution in [0.3, 0.4) is 0 Å². The van der Waals surface area contributed by atoms with Crippen molar-refractivity contribution in [2.75, 3.05) is 0 Å². The van der Waals surface area contributed by atoms with Crippen molar-refractivity contribution in [1.29, 1.82) is 0 Å². The summed E-state index contributed by atoms with van der Waals surface area (Å²) < 4.78 is 13.2. The highest BCUT2D eigenvalue weighted by molar-refractivity contribution is 6.05. The number of nitrogens with one attached hydrogen (secondary N) is 1. The minimum absolute atomic E-state index is 0.0148. The third-order valence-corrected chi connectivity index (χ3v) is 3.73.